The summed E-state index contributed by atoms with van der Waals surface area (Å²) in [6, 6.07) is 21.3. The highest BCUT2D eigenvalue weighted by Gasteiger charge is 2.30. The van der Waals surface area contributed by atoms with Crippen molar-refractivity contribution in [1.29, 1.82) is 0 Å². The number of halogens is 1. The highest BCUT2D eigenvalue weighted by atomic mass is 35.5. The van der Waals surface area contributed by atoms with E-state index in [0.29, 0.717) is 48.3 Å². The number of nitrogens with zero attached hydrogens (tertiary/aromatic N) is 1. The molecule has 0 bridgehead atoms. The molecule has 4 aromatic rings. The fourth-order valence-electron chi connectivity index (χ4n) is 3.61. The minimum absolute atomic E-state index is 0.0359. The van der Waals surface area contributed by atoms with Crippen LogP contribution in [0.15, 0.2) is 87.1 Å². The summed E-state index contributed by atoms with van der Waals surface area (Å²) < 4.78 is 44.2. The summed E-state index contributed by atoms with van der Waals surface area (Å²) in [5.74, 6) is 1.11. The van der Waals surface area contributed by atoms with Gasteiger partial charge in [0.1, 0.15) is 13.2 Å². The van der Waals surface area contributed by atoms with E-state index in [4.69, 9.17) is 25.5 Å². The van der Waals surface area contributed by atoms with Crippen LogP contribution in [0.25, 0.3) is 11.5 Å². The molecule has 34 heavy (non-hydrogen) atoms. The molecule has 1 aromatic heterocycles. The molecule has 174 valence electrons. The Kier molecular flexibility index (Phi) is 6.17. The van der Waals surface area contributed by atoms with Crippen molar-refractivity contribution in [3.05, 3.63) is 83.4 Å². The maximum absolute atomic E-state index is 13.6. The van der Waals surface area contributed by atoms with Crippen molar-refractivity contribution in [1.82, 2.24) is 4.98 Å². The molecule has 0 saturated carbocycles. The topological polar surface area (TPSA) is 90.7 Å². The monoisotopic (exact) mass is 496 g/mol. The third-order valence-corrected chi connectivity index (χ3v) is 7.18. The zero-order chi connectivity index (χ0) is 23.5. The number of oxazole rings is 1. The Morgan fingerprint density at radius 3 is 2.50 bits per heavy atom. The Morgan fingerprint density at radius 1 is 0.912 bits per heavy atom. The van der Waals surface area contributed by atoms with Crippen molar-refractivity contribution in [2.45, 2.75) is 16.3 Å². The molecule has 2 heterocycles. The molecule has 5 rings (SSSR count). The number of benzene rings is 3. The Balaban J connectivity index is 1.51. The minimum Gasteiger partial charge on any atom is -0.486 e. The number of rotatable bonds is 7. The van der Waals surface area contributed by atoms with E-state index in [-0.39, 0.29) is 21.7 Å². The summed E-state index contributed by atoms with van der Waals surface area (Å²) in [5, 5.41) is 3.40. The summed E-state index contributed by atoms with van der Waals surface area (Å²) in [4.78, 5) is 4.40. The van der Waals surface area contributed by atoms with Gasteiger partial charge in [-0.3, -0.25) is 0 Å². The van der Waals surface area contributed by atoms with Crippen molar-refractivity contribution < 1.29 is 22.3 Å². The SMILES string of the molecule is O=S(=O)(c1ccc2c(c1)OCCO2)c1nc(-c2cccc(Cl)c2)oc1NCCc1ccccc1. The van der Waals surface area contributed by atoms with Gasteiger partial charge in [-0.1, -0.05) is 48.0 Å². The quantitative estimate of drug-likeness (QED) is 0.373. The van der Waals surface area contributed by atoms with E-state index in [0.717, 1.165) is 5.56 Å². The minimum atomic E-state index is -4.03. The van der Waals surface area contributed by atoms with Crippen LogP contribution in [-0.4, -0.2) is 33.2 Å². The summed E-state index contributed by atoms with van der Waals surface area (Å²) in [6.45, 7) is 1.23. The van der Waals surface area contributed by atoms with Gasteiger partial charge in [0.25, 0.3) is 0 Å². The van der Waals surface area contributed by atoms with Gasteiger partial charge in [0.2, 0.25) is 26.6 Å². The van der Waals surface area contributed by atoms with Gasteiger partial charge in [0.15, 0.2) is 11.5 Å². The van der Waals surface area contributed by atoms with Crippen molar-refractivity contribution in [2.75, 3.05) is 25.1 Å². The number of nitrogens with one attached hydrogen (secondary N) is 1. The Labute approximate surface area is 202 Å². The lowest BCUT2D eigenvalue weighted by Crippen LogP contribution is -2.16. The first kappa shape index (κ1) is 22.3. The van der Waals surface area contributed by atoms with E-state index in [9.17, 15) is 8.42 Å². The number of hydrogen-bond donors (Lipinski definition) is 1. The molecule has 3 aromatic carbocycles. The molecular weight excluding hydrogens is 476 g/mol. The first-order valence-corrected chi connectivity index (χ1v) is 12.6. The fourth-order valence-corrected chi connectivity index (χ4v) is 5.10. The highest BCUT2D eigenvalue weighted by molar-refractivity contribution is 7.91. The largest absolute Gasteiger partial charge is 0.486 e. The van der Waals surface area contributed by atoms with E-state index in [1.807, 2.05) is 30.3 Å². The van der Waals surface area contributed by atoms with Gasteiger partial charge in [0.05, 0.1) is 4.90 Å². The average Bonchev–Trinajstić information content (AvgIpc) is 3.29. The predicted molar refractivity (Wildman–Crippen MR) is 128 cm³/mol. The van der Waals surface area contributed by atoms with E-state index >= 15 is 0 Å². The Bertz CT molecular complexity index is 1420. The van der Waals surface area contributed by atoms with Crippen LogP contribution in [0.3, 0.4) is 0 Å². The number of ether oxygens (including phenoxy) is 2. The first-order chi connectivity index (χ1) is 16.5. The lowest BCUT2D eigenvalue weighted by Gasteiger charge is -2.18. The van der Waals surface area contributed by atoms with Crippen LogP contribution < -0.4 is 14.8 Å². The van der Waals surface area contributed by atoms with Gasteiger partial charge < -0.3 is 19.2 Å². The molecule has 1 N–H and O–H groups in total. The maximum atomic E-state index is 13.6. The van der Waals surface area contributed by atoms with Crippen LogP contribution in [-0.2, 0) is 16.3 Å². The van der Waals surface area contributed by atoms with Gasteiger partial charge in [-0.05, 0) is 42.3 Å². The van der Waals surface area contributed by atoms with Crippen molar-refractivity contribution in [3.8, 4) is 23.0 Å². The van der Waals surface area contributed by atoms with E-state index in [2.05, 4.69) is 10.3 Å². The molecule has 7 nitrogen and oxygen atoms in total. The van der Waals surface area contributed by atoms with Crippen LogP contribution in [0.5, 0.6) is 11.5 Å². The number of sulfone groups is 1. The third kappa shape index (κ3) is 4.60. The van der Waals surface area contributed by atoms with Crippen LogP contribution in [0.4, 0.5) is 5.88 Å². The lowest BCUT2D eigenvalue weighted by atomic mass is 10.1. The summed E-state index contributed by atoms with van der Waals surface area (Å²) in [7, 11) is -4.03. The Morgan fingerprint density at radius 2 is 1.71 bits per heavy atom. The fraction of sp³-hybridized carbons (Fsp3) is 0.160. The Hall–Kier alpha value is -3.49. The average molecular weight is 497 g/mol. The van der Waals surface area contributed by atoms with E-state index < -0.39 is 9.84 Å². The smallest absolute Gasteiger partial charge is 0.233 e. The standard InChI is InChI=1S/C25H21ClN2O5S/c26-19-8-4-7-18(15-19)23-28-25(24(33-23)27-12-11-17-5-2-1-3-6-17)34(29,30)20-9-10-21-22(16-20)32-14-13-31-21/h1-10,15-16,27H,11-14H2. The van der Waals surface area contributed by atoms with Crippen molar-refractivity contribution in [2.24, 2.45) is 0 Å². The normalized spacial score (nSPS) is 13.0. The van der Waals surface area contributed by atoms with Gasteiger partial charge >= 0.3 is 0 Å². The van der Waals surface area contributed by atoms with Gasteiger partial charge in [-0.25, -0.2) is 8.42 Å². The summed E-state index contributed by atoms with van der Waals surface area (Å²) in [5.41, 5.74) is 1.68. The maximum Gasteiger partial charge on any atom is 0.233 e. The van der Waals surface area contributed by atoms with Gasteiger partial charge in [-0.2, -0.15) is 4.98 Å². The van der Waals surface area contributed by atoms with E-state index in [1.54, 1.807) is 30.3 Å². The molecule has 0 atom stereocenters. The number of aromatic nitrogens is 1. The molecule has 0 saturated heterocycles. The molecule has 0 aliphatic carbocycles. The third-order valence-electron chi connectivity index (χ3n) is 5.29. The second kappa shape index (κ2) is 9.40. The molecule has 0 fully saturated rings. The summed E-state index contributed by atoms with van der Waals surface area (Å²) in [6.07, 6.45) is 0.678. The number of fused-ring (bicyclic) bond motifs is 1. The lowest BCUT2D eigenvalue weighted by molar-refractivity contribution is 0.171. The predicted octanol–water partition coefficient (Wildman–Crippen LogP) is 5.25. The zero-order valence-corrected chi connectivity index (χ0v) is 19.6. The molecule has 1 aliphatic rings. The summed E-state index contributed by atoms with van der Waals surface area (Å²) >= 11 is 6.12. The van der Waals surface area contributed by atoms with Crippen molar-refractivity contribution >= 4 is 27.3 Å². The van der Waals surface area contributed by atoms with Crippen LogP contribution in [0, 0.1) is 0 Å². The molecule has 0 amide bonds. The number of anilines is 1. The number of hydrogen-bond acceptors (Lipinski definition) is 7. The van der Waals surface area contributed by atoms with Gasteiger partial charge in [-0.15, -0.1) is 0 Å². The van der Waals surface area contributed by atoms with Gasteiger partial charge in [0, 0.05) is 23.2 Å². The molecule has 0 unspecified atom stereocenters. The second-order valence-corrected chi connectivity index (χ2v) is 9.94. The van der Waals surface area contributed by atoms with Crippen molar-refractivity contribution in [3.63, 3.8) is 0 Å². The zero-order valence-electron chi connectivity index (χ0n) is 18.0. The highest BCUT2D eigenvalue weighted by Crippen LogP contribution is 2.37. The molecule has 0 spiro atoms. The first-order valence-electron chi connectivity index (χ1n) is 10.7. The molecular formula is C25H21ClN2O5S. The van der Waals surface area contributed by atoms with E-state index in [1.165, 1.54) is 12.1 Å². The molecule has 0 radical (unpaired) electrons. The van der Waals surface area contributed by atoms with Crippen LogP contribution in [0.1, 0.15) is 5.56 Å². The second-order valence-electron chi connectivity index (χ2n) is 7.63. The van der Waals surface area contributed by atoms with Crippen LogP contribution in [0.2, 0.25) is 5.02 Å². The molecule has 9 heteroatoms. The van der Waals surface area contributed by atoms with Crippen LogP contribution >= 0.6 is 11.6 Å². The molecule has 1 aliphatic heterocycles.